The Hall–Kier alpha value is -0.540. The van der Waals surface area contributed by atoms with Gasteiger partial charge in [0.05, 0.1) is 6.54 Å². The van der Waals surface area contributed by atoms with Gasteiger partial charge in [-0.25, -0.2) is 0 Å². The van der Waals surface area contributed by atoms with E-state index in [4.69, 9.17) is 0 Å². The molecular formula is C9H16F6N2O. The van der Waals surface area contributed by atoms with Crippen molar-refractivity contribution in [3.63, 3.8) is 0 Å². The van der Waals surface area contributed by atoms with E-state index in [0.717, 1.165) is 4.90 Å². The fourth-order valence-electron chi connectivity index (χ4n) is 1.18. The van der Waals surface area contributed by atoms with Gasteiger partial charge in [0, 0.05) is 19.1 Å². The molecule has 0 aliphatic rings. The first kappa shape index (κ1) is 17.5. The highest BCUT2D eigenvalue weighted by atomic mass is 19.4. The van der Waals surface area contributed by atoms with Gasteiger partial charge >= 0.3 is 12.5 Å². The number of ether oxygens (including phenoxy) is 1. The highest BCUT2D eigenvalue weighted by Gasteiger charge is 2.31. The summed E-state index contributed by atoms with van der Waals surface area (Å²) in [6.45, 7) is 1.26. The van der Waals surface area contributed by atoms with Crippen molar-refractivity contribution in [3.8, 4) is 0 Å². The summed E-state index contributed by atoms with van der Waals surface area (Å²) in [4.78, 5) is 1.11. The maximum atomic E-state index is 12.2. The lowest BCUT2D eigenvalue weighted by Crippen LogP contribution is -2.43. The molecule has 0 atom stereocenters. The summed E-state index contributed by atoms with van der Waals surface area (Å²) < 4.78 is 74.6. The Morgan fingerprint density at radius 2 is 1.67 bits per heavy atom. The number of alkyl halides is 6. The molecule has 0 radical (unpaired) electrons. The van der Waals surface area contributed by atoms with E-state index in [2.05, 4.69) is 10.1 Å². The van der Waals surface area contributed by atoms with Crippen molar-refractivity contribution in [2.75, 3.05) is 26.4 Å². The molecule has 0 heterocycles. The highest BCUT2D eigenvalue weighted by molar-refractivity contribution is 4.68. The van der Waals surface area contributed by atoms with Crippen LogP contribution < -0.4 is 5.32 Å². The molecule has 0 amide bonds. The van der Waals surface area contributed by atoms with Crippen LogP contribution in [0.1, 0.15) is 13.8 Å². The van der Waals surface area contributed by atoms with Crippen LogP contribution in [0, 0.1) is 0 Å². The molecule has 0 fully saturated rings. The number of hydrogen-bond acceptors (Lipinski definition) is 3. The maximum Gasteiger partial charge on any atom is 0.523 e. The molecule has 110 valence electrons. The van der Waals surface area contributed by atoms with Crippen LogP contribution in [0.3, 0.4) is 0 Å². The van der Waals surface area contributed by atoms with Crippen LogP contribution in [-0.4, -0.2) is 49.8 Å². The Kier molecular flexibility index (Phi) is 6.93. The molecule has 18 heavy (non-hydrogen) atoms. The van der Waals surface area contributed by atoms with Gasteiger partial charge in [-0.3, -0.25) is 15.0 Å². The third-order valence-electron chi connectivity index (χ3n) is 2.03. The van der Waals surface area contributed by atoms with Gasteiger partial charge < -0.3 is 0 Å². The minimum absolute atomic E-state index is 0.0155. The van der Waals surface area contributed by atoms with Gasteiger partial charge in [-0.15, -0.1) is 13.2 Å². The summed E-state index contributed by atoms with van der Waals surface area (Å²) in [6, 6.07) is -0.350. The second-order valence-corrected chi connectivity index (χ2v) is 3.91. The molecule has 0 aromatic rings. The van der Waals surface area contributed by atoms with Gasteiger partial charge in [-0.1, -0.05) is 0 Å². The summed E-state index contributed by atoms with van der Waals surface area (Å²) in [5.74, 6) is 0. The average molecular weight is 282 g/mol. The van der Waals surface area contributed by atoms with Gasteiger partial charge in [0.15, 0.2) is 0 Å². The smallest absolute Gasteiger partial charge is 0.293 e. The maximum absolute atomic E-state index is 12.2. The molecule has 0 bridgehead atoms. The van der Waals surface area contributed by atoms with Crippen LogP contribution in [0.2, 0.25) is 0 Å². The SMILES string of the molecule is CC(C)N(CCNCOC(F)(F)F)CC(F)(F)F. The third kappa shape index (κ3) is 10.6. The van der Waals surface area contributed by atoms with Crippen LogP contribution >= 0.6 is 0 Å². The van der Waals surface area contributed by atoms with Crippen molar-refractivity contribution >= 4 is 0 Å². The van der Waals surface area contributed by atoms with Crippen LogP contribution in [0.15, 0.2) is 0 Å². The minimum atomic E-state index is -4.74. The Bertz CT molecular complexity index is 228. The summed E-state index contributed by atoms with van der Waals surface area (Å²) >= 11 is 0. The molecule has 0 aromatic heterocycles. The first-order valence-corrected chi connectivity index (χ1v) is 5.23. The van der Waals surface area contributed by atoms with E-state index in [1.165, 1.54) is 0 Å². The molecule has 0 aliphatic heterocycles. The minimum Gasteiger partial charge on any atom is -0.293 e. The molecule has 0 unspecified atom stereocenters. The molecule has 0 saturated carbocycles. The summed E-state index contributed by atoms with van der Waals surface area (Å²) in [7, 11) is 0. The van der Waals surface area contributed by atoms with Crippen molar-refractivity contribution in [3.05, 3.63) is 0 Å². The Morgan fingerprint density at radius 1 is 1.11 bits per heavy atom. The molecule has 0 rings (SSSR count). The molecule has 9 heteroatoms. The summed E-state index contributed by atoms with van der Waals surface area (Å²) in [5.41, 5.74) is 0. The van der Waals surface area contributed by atoms with Gasteiger partial charge in [-0.05, 0) is 13.8 Å². The van der Waals surface area contributed by atoms with Crippen molar-refractivity contribution < 1.29 is 31.1 Å². The molecule has 3 nitrogen and oxygen atoms in total. The fourth-order valence-corrected chi connectivity index (χ4v) is 1.18. The highest BCUT2D eigenvalue weighted by Crippen LogP contribution is 2.17. The predicted molar refractivity (Wildman–Crippen MR) is 52.8 cm³/mol. The zero-order chi connectivity index (χ0) is 14.4. The molecule has 1 N–H and O–H groups in total. The monoisotopic (exact) mass is 282 g/mol. The molecule has 0 aliphatic carbocycles. The fraction of sp³-hybridized carbons (Fsp3) is 1.00. The van der Waals surface area contributed by atoms with Crippen molar-refractivity contribution in [1.29, 1.82) is 0 Å². The number of hydrogen-bond donors (Lipinski definition) is 1. The van der Waals surface area contributed by atoms with Crippen LogP contribution in [-0.2, 0) is 4.74 Å². The van der Waals surface area contributed by atoms with Crippen LogP contribution in [0.25, 0.3) is 0 Å². The lowest BCUT2D eigenvalue weighted by atomic mass is 10.3. The molecule has 0 spiro atoms. The Balaban J connectivity index is 3.85. The van der Waals surface area contributed by atoms with Crippen LogP contribution in [0.5, 0.6) is 0 Å². The van der Waals surface area contributed by atoms with Gasteiger partial charge in [0.25, 0.3) is 0 Å². The lowest BCUT2D eigenvalue weighted by Gasteiger charge is -2.27. The second kappa shape index (κ2) is 7.15. The average Bonchev–Trinajstić information content (AvgIpc) is 2.11. The normalized spacial score (nSPS) is 13.7. The van der Waals surface area contributed by atoms with E-state index in [9.17, 15) is 26.3 Å². The topological polar surface area (TPSA) is 24.5 Å². The van der Waals surface area contributed by atoms with E-state index in [1.807, 2.05) is 0 Å². The zero-order valence-electron chi connectivity index (χ0n) is 10.0. The van der Waals surface area contributed by atoms with Gasteiger partial charge in [0.2, 0.25) is 0 Å². The molecular weight excluding hydrogens is 266 g/mol. The molecule has 0 saturated heterocycles. The van der Waals surface area contributed by atoms with Crippen molar-refractivity contribution in [1.82, 2.24) is 10.2 Å². The zero-order valence-corrected chi connectivity index (χ0v) is 10.0. The number of nitrogens with zero attached hydrogens (tertiary/aromatic N) is 1. The van der Waals surface area contributed by atoms with Gasteiger partial charge in [-0.2, -0.15) is 13.2 Å². The number of halogens is 6. The van der Waals surface area contributed by atoms with Crippen LogP contribution in [0.4, 0.5) is 26.3 Å². The number of rotatable bonds is 7. The van der Waals surface area contributed by atoms with E-state index >= 15 is 0 Å². The second-order valence-electron chi connectivity index (χ2n) is 3.91. The van der Waals surface area contributed by atoms with Crippen molar-refractivity contribution in [2.24, 2.45) is 0 Å². The summed E-state index contributed by atoms with van der Waals surface area (Å²) in [6.07, 6.45) is -9.07. The standard InChI is InChI=1S/C9H16F6N2O/c1-7(2)17(5-8(10,11)12)4-3-16-6-18-9(13,14)15/h7,16H,3-6H2,1-2H3. The van der Waals surface area contributed by atoms with Crippen molar-refractivity contribution in [2.45, 2.75) is 32.4 Å². The quantitative estimate of drug-likeness (QED) is 0.441. The first-order chi connectivity index (χ1) is 8.01. The lowest BCUT2D eigenvalue weighted by molar-refractivity contribution is -0.326. The molecule has 0 aromatic carbocycles. The number of nitrogens with one attached hydrogen (secondary N) is 1. The third-order valence-corrected chi connectivity index (χ3v) is 2.03. The Labute approximate surface area is 101 Å². The summed E-state index contributed by atoms with van der Waals surface area (Å²) in [5, 5.41) is 2.26. The first-order valence-electron chi connectivity index (χ1n) is 5.23. The largest absolute Gasteiger partial charge is 0.523 e. The van der Waals surface area contributed by atoms with Gasteiger partial charge in [0.1, 0.15) is 6.73 Å². The van der Waals surface area contributed by atoms with E-state index in [-0.39, 0.29) is 19.1 Å². The van der Waals surface area contributed by atoms with E-state index in [0.29, 0.717) is 0 Å². The Morgan fingerprint density at radius 3 is 2.06 bits per heavy atom. The van der Waals surface area contributed by atoms with E-state index in [1.54, 1.807) is 13.8 Å². The predicted octanol–water partition coefficient (Wildman–Crippen LogP) is 2.34. The van der Waals surface area contributed by atoms with E-state index < -0.39 is 25.8 Å².